The van der Waals surface area contributed by atoms with Crippen molar-refractivity contribution in [2.24, 2.45) is 0 Å². The maximum absolute atomic E-state index is 11.1. The molecule has 0 rings (SSSR count). The SMILES string of the molecule is O=C(CCCS)OCCOCCOCCOC(=O)CCCS. The third-order valence-corrected chi connectivity index (χ3v) is 3.06. The van der Waals surface area contributed by atoms with Crippen LogP contribution in [-0.2, 0) is 28.5 Å². The zero-order chi connectivity index (χ0) is 16.5. The summed E-state index contributed by atoms with van der Waals surface area (Å²) in [7, 11) is 0. The molecule has 0 heterocycles. The number of carbonyl (C=O) groups is 2. The monoisotopic (exact) mass is 354 g/mol. The van der Waals surface area contributed by atoms with E-state index in [1.54, 1.807) is 0 Å². The highest BCUT2D eigenvalue weighted by atomic mass is 32.1. The van der Waals surface area contributed by atoms with Gasteiger partial charge in [0.25, 0.3) is 0 Å². The summed E-state index contributed by atoms with van der Waals surface area (Å²) < 4.78 is 20.4. The molecular formula is C14H26O6S2. The zero-order valence-corrected chi connectivity index (χ0v) is 14.6. The molecule has 0 saturated carbocycles. The van der Waals surface area contributed by atoms with E-state index in [1.807, 2.05) is 0 Å². The smallest absolute Gasteiger partial charge is 0.305 e. The number of esters is 2. The summed E-state index contributed by atoms with van der Waals surface area (Å²) in [6.07, 6.45) is 2.21. The Morgan fingerprint density at radius 1 is 0.636 bits per heavy atom. The first-order chi connectivity index (χ1) is 10.7. The molecule has 0 aromatic carbocycles. The number of hydrogen-bond acceptors (Lipinski definition) is 8. The molecule has 0 radical (unpaired) electrons. The quantitative estimate of drug-likeness (QED) is 0.264. The van der Waals surface area contributed by atoms with Crippen LogP contribution < -0.4 is 0 Å². The van der Waals surface area contributed by atoms with Gasteiger partial charge in [0.15, 0.2) is 0 Å². The molecule has 0 bridgehead atoms. The van der Waals surface area contributed by atoms with Crippen LogP contribution >= 0.6 is 25.3 Å². The van der Waals surface area contributed by atoms with Gasteiger partial charge >= 0.3 is 11.9 Å². The average molecular weight is 354 g/mol. The van der Waals surface area contributed by atoms with Gasteiger partial charge in [-0.2, -0.15) is 25.3 Å². The van der Waals surface area contributed by atoms with Crippen LogP contribution in [0.1, 0.15) is 25.7 Å². The molecule has 0 amide bonds. The highest BCUT2D eigenvalue weighted by Crippen LogP contribution is 1.95. The number of ether oxygens (including phenoxy) is 4. The van der Waals surface area contributed by atoms with Crippen LogP contribution in [0.5, 0.6) is 0 Å². The summed E-state index contributed by atoms with van der Waals surface area (Å²) in [5.41, 5.74) is 0. The highest BCUT2D eigenvalue weighted by Gasteiger charge is 2.02. The van der Waals surface area contributed by atoms with Gasteiger partial charge in [-0.05, 0) is 24.3 Å². The molecule has 22 heavy (non-hydrogen) atoms. The normalized spacial score (nSPS) is 10.5. The second-order valence-electron chi connectivity index (χ2n) is 4.32. The predicted molar refractivity (Wildman–Crippen MR) is 89.7 cm³/mol. The third kappa shape index (κ3) is 15.9. The maximum atomic E-state index is 11.1. The Kier molecular flexibility index (Phi) is 16.6. The van der Waals surface area contributed by atoms with Gasteiger partial charge in [-0.1, -0.05) is 0 Å². The fourth-order valence-corrected chi connectivity index (χ4v) is 1.66. The molecule has 130 valence electrons. The lowest BCUT2D eigenvalue weighted by Gasteiger charge is -2.07. The Morgan fingerprint density at radius 2 is 1.00 bits per heavy atom. The van der Waals surface area contributed by atoms with Crippen molar-refractivity contribution in [3.05, 3.63) is 0 Å². The van der Waals surface area contributed by atoms with Crippen molar-refractivity contribution in [2.75, 3.05) is 51.1 Å². The number of thiol groups is 2. The van der Waals surface area contributed by atoms with Gasteiger partial charge in [-0.25, -0.2) is 0 Å². The van der Waals surface area contributed by atoms with Crippen LogP contribution in [0.3, 0.4) is 0 Å². The van der Waals surface area contributed by atoms with Crippen LogP contribution in [0.4, 0.5) is 0 Å². The van der Waals surface area contributed by atoms with Gasteiger partial charge in [-0.3, -0.25) is 9.59 Å². The minimum absolute atomic E-state index is 0.228. The average Bonchev–Trinajstić information content (AvgIpc) is 2.52. The van der Waals surface area contributed by atoms with Crippen LogP contribution in [0.15, 0.2) is 0 Å². The third-order valence-electron chi connectivity index (χ3n) is 2.43. The van der Waals surface area contributed by atoms with Crippen LogP contribution in [-0.4, -0.2) is 63.1 Å². The summed E-state index contributed by atoms with van der Waals surface area (Å²) in [4.78, 5) is 22.3. The summed E-state index contributed by atoms with van der Waals surface area (Å²) in [5, 5.41) is 0. The molecule has 0 atom stereocenters. The second kappa shape index (κ2) is 16.9. The van der Waals surface area contributed by atoms with Crippen molar-refractivity contribution in [2.45, 2.75) is 25.7 Å². The van der Waals surface area contributed by atoms with Gasteiger partial charge in [0.05, 0.1) is 26.4 Å². The number of hydrogen-bond donors (Lipinski definition) is 2. The standard InChI is InChI=1S/C14H26O6S2/c15-13(3-1-11-21)19-9-7-17-5-6-18-8-10-20-14(16)4-2-12-22/h21-22H,1-12H2. The summed E-state index contributed by atoms with van der Waals surface area (Å²) >= 11 is 8.03. The molecular weight excluding hydrogens is 328 g/mol. The molecule has 0 spiro atoms. The van der Waals surface area contributed by atoms with Crippen LogP contribution in [0.25, 0.3) is 0 Å². The van der Waals surface area contributed by atoms with Gasteiger partial charge in [0, 0.05) is 12.8 Å². The molecule has 0 unspecified atom stereocenters. The van der Waals surface area contributed by atoms with E-state index in [1.165, 1.54) is 0 Å². The Balaban J connectivity index is 3.17. The Labute approximate surface area is 143 Å². The lowest BCUT2D eigenvalue weighted by molar-refractivity contribution is -0.147. The molecule has 0 aliphatic carbocycles. The molecule has 0 aliphatic rings. The molecule has 6 nitrogen and oxygen atoms in total. The van der Waals surface area contributed by atoms with Gasteiger partial charge in [0.2, 0.25) is 0 Å². The van der Waals surface area contributed by atoms with E-state index >= 15 is 0 Å². The summed E-state index contributed by atoms with van der Waals surface area (Å²) in [5.74, 6) is 0.892. The van der Waals surface area contributed by atoms with E-state index in [4.69, 9.17) is 18.9 Å². The van der Waals surface area contributed by atoms with Crippen LogP contribution in [0.2, 0.25) is 0 Å². The van der Waals surface area contributed by atoms with Crippen LogP contribution in [0, 0.1) is 0 Å². The first kappa shape index (κ1) is 21.6. The van der Waals surface area contributed by atoms with E-state index in [0.717, 1.165) is 12.8 Å². The first-order valence-electron chi connectivity index (χ1n) is 7.39. The molecule has 0 aromatic rings. The van der Waals surface area contributed by atoms with E-state index < -0.39 is 0 Å². The van der Waals surface area contributed by atoms with Crippen molar-refractivity contribution in [1.82, 2.24) is 0 Å². The van der Waals surface area contributed by atoms with E-state index in [-0.39, 0.29) is 25.2 Å². The minimum Gasteiger partial charge on any atom is -0.463 e. The first-order valence-corrected chi connectivity index (χ1v) is 8.65. The van der Waals surface area contributed by atoms with Crippen molar-refractivity contribution < 1.29 is 28.5 Å². The zero-order valence-electron chi connectivity index (χ0n) is 12.8. The Morgan fingerprint density at radius 3 is 1.36 bits per heavy atom. The largest absolute Gasteiger partial charge is 0.463 e. The molecule has 0 N–H and O–H groups in total. The number of rotatable bonds is 15. The fourth-order valence-electron chi connectivity index (χ4n) is 1.34. The van der Waals surface area contributed by atoms with Gasteiger partial charge in [0.1, 0.15) is 13.2 Å². The molecule has 0 saturated heterocycles. The summed E-state index contributed by atoms with van der Waals surface area (Å²) in [6, 6.07) is 0. The summed E-state index contributed by atoms with van der Waals surface area (Å²) in [6.45, 7) is 1.98. The van der Waals surface area contributed by atoms with Gasteiger partial charge in [-0.15, -0.1) is 0 Å². The van der Waals surface area contributed by atoms with E-state index in [2.05, 4.69) is 25.3 Å². The van der Waals surface area contributed by atoms with E-state index in [0.29, 0.717) is 50.8 Å². The molecule has 8 heteroatoms. The predicted octanol–water partition coefficient (Wildman–Crippen LogP) is 1.53. The Hall–Kier alpha value is -0.440. The fraction of sp³-hybridized carbons (Fsp3) is 0.857. The topological polar surface area (TPSA) is 71.1 Å². The number of carbonyl (C=O) groups excluding carboxylic acids is 2. The van der Waals surface area contributed by atoms with Crippen molar-refractivity contribution in [3.8, 4) is 0 Å². The molecule has 0 aromatic heterocycles. The molecule has 0 fully saturated rings. The second-order valence-corrected chi connectivity index (χ2v) is 5.21. The van der Waals surface area contributed by atoms with Crippen molar-refractivity contribution in [1.29, 1.82) is 0 Å². The highest BCUT2D eigenvalue weighted by molar-refractivity contribution is 7.80. The Bertz CT molecular complexity index is 261. The van der Waals surface area contributed by atoms with Crippen molar-refractivity contribution >= 4 is 37.2 Å². The minimum atomic E-state index is -0.228. The molecule has 0 aliphatic heterocycles. The van der Waals surface area contributed by atoms with Gasteiger partial charge < -0.3 is 18.9 Å². The van der Waals surface area contributed by atoms with E-state index in [9.17, 15) is 9.59 Å². The maximum Gasteiger partial charge on any atom is 0.305 e. The lowest BCUT2D eigenvalue weighted by atomic mass is 10.3. The van der Waals surface area contributed by atoms with Crippen molar-refractivity contribution in [3.63, 3.8) is 0 Å². The lowest BCUT2D eigenvalue weighted by Crippen LogP contribution is -2.15.